The van der Waals surface area contributed by atoms with Crippen LogP contribution in [0.25, 0.3) is 10.9 Å². The van der Waals surface area contributed by atoms with Gasteiger partial charge in [0.05, 0.1) is 12.1 Å². The van der Waals surface area contributed by atoms with Gasteiger partial charge in [-0.25, -0.2) is 0 Å². The summed E-state index contributed by atoms with van der Waals surface area (Å²) in [6.07, 6.45) is -2.83. The van der Waals surface area contributed by atoms with Gasteiger partial charge in [-0.2, -0.15) is 0 Å². The Bertz CT molecular complexity index is 805. The number of aliphatic hydroxyl groups excluding tert-OH is 4. The molecular weight excluding hydrogens is 364 g/mol. The maximum absolute atomic E-state index is 10.3. The lowest BCUT2D eigenvalue weighted by molar-refractivity contribution is -0.277. The summed E-state index contributed by atoms with van der Waals surface area (Å²) in [6.45, 7) is 1.38. The number of hydrogen-bond donors (Lipinski definition) is 5. The fourth-order valence-electron chi connectivity index (χ4n) is 4.05. The molecule has 6 atom stereocenters. The second-order valence-electron chi connectivity index (χ2n) is 7.41. The molecule has 4 rings (SSSR count). The summed E-state index contributed by atoms with van der Waals surface area (Å²) in [4.78, 5) is 4.43. The van der Waals surface area contributed by atoms with Crippen LogP contribution in [0.5, 0.6) is 5.75 Å². The zero-order valence-electron chi connectivity index (χ0n) is 15.4. The van der Waals surface area contributed by atoms with Crippen molar-refractivity contribution in [2.45, 2.75) is 49.5 Å². The molecule has 3 heterocycles. The molecule has 2 aliphatic heterocycles. The number of pyridine rings is 1. The van der Waals surface area contributed by atoms with Gasteiger partial charge in [-0.15, -0.1) is 0 Å². The molecule has 1 aromatic carbocycles. The largest absolute Gasteiger partial charge is 0.461 e. The van der Waals surface area contributed by atoms with Crippen LogP contribution in [0.3, 0.4) is 0 Å². The minimum Gasteiger partial charge on any atom is -0.461 e. The average Bonchev–Trinajstić information content (AvgIpc) is 2.74. The third-order valence-corrected chi connectivity index (χ3v) is 5.59. The number of rotatable bonds is 4. The number of nitrogens with one attached hydrogen (secondary N) is 1. The smallest absolute Gasteiger partial charge is 0.229 e. The number of ether oxygens (including phenoxy) is 2. The number of aromatic nitrogens is 1. The fourth-order valence-corrected chi connectivity index (χ4v) is 4.05. The molecule has 0 unspecified atom stereocenters. The molecule has 0 amide bonds. The van der Waals surface area contributed by atoms with Gasteiger partial charge >= 0.3 is 0 Å². The Kier molecular flexibility index (Phi) is 5.77. The highest BCUT2D eigenvalue weighted by molar-refractivity contribution is 5.88. The molecule has 1 aromatic heterocycles. The summed E-state index contributed by atoms with van der Waals surface area (Å²) < 4.78 is 11.5. The normalized spacial score (nSPS) is 33.7. The topological polar surface area (TPSA) is 124 Å². The summed E-state index contributed by atoms with van der Waals surface area (Å²) in [5.74, 6) is 0.800. The van der Waals surface area contributed by atoms with Crippen LogP contribution < -0.4 is 10.1 Å². The van der Waals surface area contributed by atoms with Crippen molar-refractivity contribution in [2.75, 3.05) is 19.7 Å². The van der Waals surface area contributed by atoms with Crippen LogP contribution >= 0.6 is 0 Å². The Morgan fingerprint density at radius 1 is 1.14 bits per heavy atom. The van der Waals surface area contributed by atoms with Crippen molar-refractivity contribution in [1.82, 2.24) is 10.3 Å². The minimum atomic E-state index is -1.48. The van der Waals surface area contributed by atoms with E-state index in [9.17, 15) is 20.4 Å². The average molecular weight is 390 g/mol. The molecule has 0 bridgehead atoms. The van der Waals surface area contributed by atoms with Crippen LogP contribution in [0.4, 0.5) is 0 Å². The van der Waals surface area contributed by atoms with Crippen LogP contribution in [0.15, 0.2) is 30.5 Å². The first-order valence-electron chi connectivity index (χ1n) is 9.65. The number of hydrogen-bond acceptors (Lipinski definition) is 8. The molecule has 2 saturated heterocycles. The first kappa shape index (κ1) is 19.5. The van der Waals surface area contributed by atoms with E-state index in [0.29, 0.717) is 11.7 Å². The second kappa shape index (κ2) is 8.28. The van der Waals surface area contributed by atoms with Gasteiger partial charge in [0.1, 0.15) is 30.2 Å². The molecule has 2 aliphatic rings. The van der Waals surface area contributed by atoms with Crippen LogP contribution in [-0.4, -0.2) is 75.8 Å². The summed E-state index contributed by atoms with van der Waals surface area (Å²) >= 11 is 0. The lowest BCUT2D eigenvalue weighted by atomic mass is 9.89. The molecule has 8 heteroatoms. The highest BCUT2D eigenvalue weighted by Crippen LogP contribution is 2.36. The molecule has 8 nitrogen and oxygen atoms in total. The van der Waals surface area contributed by atoms with Crippen LogP contribution in [0, 0.1) is 0 Å². The van der Waals surface area contributed by atoms with Gasteiger partial charge in [-0.3, -0.25) is 4.98 Å². The third kappa shape index (κ3) is 3.59. The van der Waals surface area contributed by atoms with Crippen molar-refractivity contribution in [3.8, 4) is 5.75 Å². The van der Waals surface area contributed by atoms with Crippen molar-refractivity contribution < 1.29 is 29.9 Å². The van der Waals surface area contributed by atoms with E-state index >= 15 is 0 Å². The quantitative estimate of drug-likeness (QED) is 0.490. The minimum absolute atomic E-state index is 0.318. The molecule has 0 radical (unpaired) electrons. The molecule has 5 N–H and O–H groups in total. The predicted octanol–water partition coefficient (Wildman–Crippen LogP) is -0.120. The van der Waals surface area contributed by atoms with E-state index in [4.69, 9.17) is 9.47 Å². The van der Waals surface area contributed by atoms with Gasteiger partial charge in [-0.05, 0) is 43.0 Å². The van der Waals surface area contributed by atoms with Gasteiger partial charge in [-0.1, -0.05) is 12.1 Å². The summed E-state index contributed by atoms with van der Waals surface area (Å²) in [7, 11) is 0. The summed E-state index contributed by atoms with van der Waals surface area (Å²) in [5, 5.41) is 43.9. The standard InChI is InChI=1S/C20H26N2O6/c23-10-15-17(24)18(25)19(26)20(28-15)27-14-6-8-22-13-5-1-4-12(16(13)14)11-3-2-7-21-9-11/h1,4-6,8,11,15,17-21,23-26H,2-3,7,9-10H2/t11-,15+,17+,18+,19+,20+/m0/s1. The zero-order chi connectivity index (χ0) is 19.7. The van der Waals surface area contributed by atoms with E-state index < -0.39 is 37.3 Å². The van der Waals surface area contributed by atoms with Crippen molar-refractivity contribution in [3.05, 3.63) is 36.0 Å². The first-order chi connectivity index (χ1) is 13.6. The lowest BCUT2D eigenvalue weighted by Gasteiger charge is -2.39. The van der Waals surface area contributed by atoms with E-state index in [-0.39, 0.29) is 0 Å². The Morgan fingerprint density at radius 3 is 2.75 bits per heavy atom. The Morgan fingerprint density at radius 2 is 2.00 bits per heavy atom. The molecule has 2 aromatic rings. The van der Waals surface area contributed by atoms with Crippen molar-refractivity contribution in [3.63, 3.8) is 0 Å². The van der Waals surface area contributed by atoms with Crippen molar-refractivity contribution in [2.24, 2.45) is 0 Å². The molecular formula is C20H26N2O6. The third-order valence-electron chi connectivity index (χ3n) is 5.59. The number of benzene rings is 1. The number of aliphatic hydroxyl groups is 4. The molecule has 152 valence electrons. The van der Waals surface area contributed by atoms with E-state index in [0.717, 1.165) is 42.4 Å². The van der Waals surface area contributed by atoms with Gasteiger partial charge in [0, 0.05) is 18.1 Å². The maximum Gasteiger partial charge on any atom is 0.229 e. The van der Waals surface area contributed by atoms with Gasteiger partial charge < -0.3 is 35.2 Å². The number of piperidine rings is 1. The predicted molar refractivity (Wildman–Crippen MR) is 101 cm³/mol. The fraction of sp³-hybridized carbons (Fsp3) is 0.550. The highest BCUT2D eigenvalue weighted by Gasteiger charge is 2.44. The Hall–Kier alpha value is -1.81. The van der Waals surface area contributed by atoms with E-state index in [1.807, 2.05) is 12.1 Å². The van der Waals surface area contributed by atoms with Gasteiger partial charge in [0.15, 0.2) is 0 Å². The highest BCUT2D eigenvalue weighted by atomic mass is 16.7. The molecule has 0 saturated carbocycles. The van der Waals surface area contributed by atoms with E-state index in [1.165, 1.54) is 0 Å². The molecule has 0 spiro atoms. The van der Waals surface area contributed by atoms with Gasteiger partial charge in [0.25, 0.3) is 0 Å². The van der Waals surface area contributed by atoms with Crippen molar-refractivity contribution >= 4 is 10.9 Å². The lowest BCUT2D eigenvalue weighted by Crippen LogP contribution is -2.60. The monoisotopic (exact) mass is 390 g/mol. The number of nitrogens with zero attached hydrogens (tertiary/aromatic N) is 1. The zero-order valence-corrected chi connectivity index (χ0v) is 15.4. The van der Waals surface area contributed by atoms with Crippen molar-refractivity contribution in [1.29, 1.82) is 0 Å². The molecule has 0 aliphatic carbocycles. The maximum atomic E-state index is 10.3. The number of fused-ring (bicyclic) bond motifs is 1. The summed E-state index contributed by atoms with van der Waals surface area (Å²) in [5.41, 5.74) is 1.88. The Balaban J connectivity index is 1.68. The first-order valence-corrected chi connectivity index (χ1v) is 9.65. The van der Waals surface area contributed by atoms with Gasteiger partial charge in [0.2, 0.25) is 6.29 Å². The summed E-state index contributed by atoms with van der Waals surface area (Å²) in [6, 6.07) is 7.62. The van der Waals surface area contributed by atoms with E-state index in [1.54, 1.807) is 12.3 Å². The Labute approximate surface area is 162 Å². The second-order valence-corrected chi connectivity index (χ2v) is 7.41. The van der Waals surface area contributed by atoms with Crippen LogP contribution in [0.1, 0.15) is 24.3 Å². The molecule has 28 heavy (non-hydrogen) atoms. The van der Waals surface area contributed by atoms with Crippen LogP contribution in [-0.2, 0) is 4.74 Å². The van der Waals surface area contributed by atoms with E-state index in [2.05, 4.69) is 16.4 Å². The molecule has 2 fully saturated rings. The SMILES string of the molecule is OC[C@H]1O[C@@H](Oc2ccnc3cccc([C@H]4CCCNC4)c23)[C@H](O)[C@H](O)[C@@H]1O. The van der Waals surface area contributed by atoms with Crippen LogP contribution in [0.2, 0.25) is 0 Å².